The lowest BCUT2D eigenvalue weighted by atomic mass is 10.0. The monoisotopic (exact) mass is 359 g/mol. The molecular formula is C19H25N3O2S. The van der Waals surface area contributed by atoms with E-state index in [1.165, 1.54) is 25.9 Å². The molecule has 0 spiro atoms. The predicted molar refractivity (Wildman–Crippen MR) is 100 cm³/mol. The van der Waals surface area contributed by atoms with Crippen molar-refractivity contribution in [3.8, 4) is 22.1 Å². The molecule has 1 unspecified atom stereocenters. The largest absolute Gasteiger partial charge is 0.454 e. The van der Waals surface area contributed by atoms with E-state index in [9.17, 15) is 0 Å². The van der Waals surface area contributed by atoms with Crippen LogP contribution in [-0.4, -0.2) is 42.9 Å². The van der Waals surface area contributed by atoms with E-state index < -0.39 is 0 Å². The van der Waals surface area contributed by atoms with Gasteiger partial charge in [-0.2, -0.15) is 0 Å². The molecule has 1 aromatic carbocycles. The fourth-order valence-electron chi connectivity index (χ4n) is 3.49. The van der Waals surface area contributed by atoms with Crippen LogP contribution in [0.15, 0.2) is 23.6 Å². The molecule has 6 heteroatoms. The number of rotatable bonds is 6. The number of likely N-dealkylation sites (tertiary alicyclic amines) is 1. The standard InChI is InChI=1S/C19H25N3O2S/c1-14-3-2-7-22(11-14)8-6-20-10-16-12-25-19(21-16)15-4-5-17-18(9-15)24-13-23-17/h4-5,9,12,14,20H,2-3,6-8,10-11,13H2,1H3. The van der Waals surface area contributed by atoms with E-state index in [1.54, 1.807) is 11.3 Å². The zero-order valence-electron chi connectivity index (χ0n) is 14.7. The molecule has 3 heterocycles. The predicted octanol–water partition coefficient (Wildman–Crippen LogP) is 3.36. The molecular weight excluding hydrogens is 334 g/mol. The van der Waals surface area contributed by atoms with Crippen LogP contribution in [0.3, 0.4) is 0 Å². The minimum absolute atomic E-state index is 0.307. The third-order valence-electron chi connectivity index (χ3n) is 4.82. The van der Waals surface area contributed by atoms with E-state index in [1.807, 2.05) is 18.2 Å². The van der Waals surface area contributed by atoms with E-state index in [4.69, 9.17) is 14.5 Å². The molecule has 2 aromatic rings. The van der Waals surface area contributed by atoms with Gasteiger partial charge >= 0.3 is 0 Å². The van der Waals surface area contributed by atoms with Crippen molar-refractivity contribution in [3.63, 3.8) is 0 Å². The fraction of sp³-hybridized carbons (Fsp3) is 0.526. The molecule has 0 bridgehead atoms. The number of aromatic nitrogens is 1. The molecule has 1 aromatic heterocycles. The van der Waals surface area contributed by atoms with Crippen LogP contribution in [0.2, 0.25) is 0 Å². The quantitative estimate of drug-likeness (QED) is 0.802. The second kappa shape index (κ2) is 7.72. The van der Waals surface area contributed by atoms with Gasteiger partial charge in [0.2, 0.25) is 6.79 Å². The topological polar surface area (TPSA) is 46.6 Å². The Bertz CT molecular complexity index is 718. The Hall–Kier alpha value is -1.63. The minimum Gasteiger partial charge on any atom is -0.454 e. The summed E-state index contributed by atoms with van der Waals surface area (Å²) in [5.41, 5.74) is 2.19. The van der Waals surface area contributed by atoms with Crippen molar-refractivity contribution in [2.75, 3.05) is 33.0 Å². The van der Waals surface area contributed by atoms with Crippen molar-refractivity contribution < 1.29 is 9.47 Å². The molecule has 1 atom stereocenters. The van der Waals surface area contributed by atoms with Gasteiger partial charge in [0, 0.05) is 37.1 Å². The van der Waals surface area contributed by atoms with Crippen molar-refractivity contribution in [2.45, 2.75) is 26.3 Å². The number of nitrogens with one attached hydrogen (secondary N) is 1. The summed E-state index contributed by atoms with van der Waals surface area (Å²) in [6, 6.07) is 6.01. The van der Waals surface area contributed by atoms with Gasteiger partial charge in [-0.15, -0.1) is 11.3 Å². The summed E-state index contributed by atoms with van der Waals surface area (Å²) < 4.78 is 10.8. The third kappa shape index (κ3) is 4.14. The SMILES string of the molecule is CC1CCCN(CCNCc2csc(-c3ccc4c(c3)OCO4)n2)C1. The molecule has 1 fully saturated rings. The van der Waals surface area contributed by atoms with Crippen molar-refractivity contribution in [1.29, 1.82) is 0 Å². The molecule has 0 radical (unpaired) electrons. The molecule has 25 heavy (non-hydrogen) atoms. The van der Waals surface area contributed by atoms with Gasteiger partial charge in [0.05, 0.1) is 5.69 Å². The Balaban J connectivity index is 1.27. The lowest BCUT2D eigenvalue weighted by Crippen LogP contribution is -2.38. The Kier molecular flexibility index (Phi) is 5.20. The maximum atomic E-state index is 5.45. The highest BCUT2D eigenvalue weighted by Crippen LogP contribution is 2.36. The lowest BCUT2D eigenvalue weighted by molar-refractivity contribution is 0.174. The Morgan fingerprint density at radius 2 is 2.24 bits per heavy atom. The van der Waals surface area contributed by atoms with Crippen LogP contribution in [-0.2, 0) is 6.54 Å². The van der Waals surface area contributed by atoms with Gasteiger partial charge in [0.1, 0.15) is 5.01 Å². The van der Waals surface area contributed by atoms with Gasteiger partial charge in [-0.1, -0.05) is 6.92 Å². The number of fused-ring (bicyclic) bond motifs is 1. The lowest BCUT2D eigenvalue weighted by Gasteiger charge is -2.30. The average molecular weight is 359 g/mol. The summed E-state index contributed by atoms with van der Waals surface area (Å²) in [6.07, 6.45) is 2.72. The molecule has 1 saturated heterocycles. The normalized spacial score (nSPS) is 20.1. The van der Waals surface area contributed by atoms with Crippen LogP contribution in [0.1, 0.15) is 25.5 Å². The number of thiazole rings is 1. The first-order chi connectivity index (χ1) is 12.3. The maximum absolute atomic E-state index is 5.45. The van der Waals surface area contributed by atoms with Crippen LogP contribution >= 0.6 is 11.3 Å². The van der Waals surface area contributed by atoms with Gasteiger partial charge in [0.15, 0.2) is 11.5 Å². The second-order valence-electron chi connectivity index (χ2n) is 6.94. The van der Waals surface area contributed by atoms with E-state index in [2.05, 4.69) is 22.5 Å². The maximum Gasteiger partial charge on any atom is 0.231 e. The van der Waals surface area contributed by atoms with Crippen LogP contribution in [0.25, 0.3) is 10.6 Å². The molecule has 4 rings (SSSR count). The first kappa shape index (κ1) is 16.8. The van der Waals surface area contributed by atoms with E-state index in [0.29, 0.717) is 6.79 Å². The summed E-state index contributed by atoms with van der Waals surface area (Å²) in [5, 5.41) is 6.69. The minimum atomic E-state index is 0.307. The van der Waals surface area contributed by atoms with Crippen LogP contribution in [0.5, 0.6) is 11.5 Å². The van der Waals surface area contributed by atoms with Crippen molar-refractivity contribution >= 4 is 11.3 Å². The molecule has 134 valence electrons. The Morgan fingerprint density at radius 3 is 3.16 bits per heavy atom. The zero-order chi connectivity index (χ0) is 17.1. The fourth-order valence-corrected chi connectivity index (χ4v) is 4.31. The summed E-state index contributed by atoms with van der Waals surface area (Å²) in [4.78, 5) is 7.32. The van der Waals surface area contributed by atoms with Gasteiger partial charge < -0.3 is 19.7 Å². The molecule has 2 aliphatic rings. The number of hydrogen-bond donors (Lipinski definition) is 1. The number of hydrogen-bond acceptors (Lipinski definition) is 6. The van der Waals surface area contributed by atoms with Gasteiger partial charge in [-0.25, -0.2) is 4.98 Å². The highest BCUT2D eigenvalue weighted by Gasteiger charge is 2.16. The van der Waals surface area contributed by atoms with Crippen molar-refractivity contribution in [3.05, 3.63) is 29.3 Å². The van der Waals surface area contributed by atoms with Crippen LogP contribution < -0.4 is 14.8 Å². The molecule has 0 saturated carbocycles. The van der Waals surface area contributed by atoms with Crippen LogP contribution in [0.4, 0.5) is 0 Å². The van der Waals surface area contributed by atoms with E-state index >= 15 is 0 Å². The summed E-state index contributed by atoms with van der Waals surface area (Å²) in [5.74, 6) is 2.47. The molecule has 5 nitrogen and oxygen atoms in total. The number of piperidine rings is 1. The summed E-state index contributed by atoms with van der Waals surface area (Å²) in [6.45, 7) is 8.12. The zero-order valence-corrected chi connectivity index (χ0v) is 15.5. The van der Waals surface area contributed by atoms with Crippen molar-refractivity contribution in [2.24, 2.45) is 5.92 Å². The first-order valence-electron chi connectivity index (χ1n) is 9.05. The Labute approximate surface area is 153 Å². The molecule has 0 aliphatic carbocycles. The van der Waals surface area contributed by atoms with Crippen LogP contribution in [0, 0.1) is 5.92 Å². The Morgan fingerprint density at radius 1 is 1.32 bits per heavy atom. The van der Waals surface area contributed by atoms with Gasteiger partial charge in [0.25, 0.3) is 0 Å². The number of ether oxygens (including phenoxy) is 2. The number of benzene rings is 1. The highest BCUT2D eigenvalue weighted by atomic mass is 32.1. The molecule has 2 aliphatic heterocycles. The smallest absolute Gasteiger partial charge is 0.231 e. The number of nitrogens with zero attached hydrogens (tertiary/aromatic N) is 2. The second-order valence-corrected chi connectivity index (χ2v) is 7.79. The van der Waals surface area contributed by atoms with E-state index in [-0.39, 0.29) is 0 Å². The highest BCUT2D eigenvalue weighted by molar-refractivity contribution is 7.13. The molecule has 1 N–H and O–H groups in total. The average Bonchev–Trinajstić information content (AvgIpc) is 3.27. The summed E-state index contributed by atoms with van der Waals surface area (Å²) >= 11 is 1.68. The first-order valence-corrected chi connectivity index (χ1v) is 9.93. The van der Waals surface area contributed by atoms with Crippen molar-refractivity contribution in [1.82, 2.24) is 15.2 Å². The third-order valence-corrected chi connectivity index (χ3v) is 5.76. The van der Waals surface area contributed by atoms with Gasteiger partial charge in [-0.3, -0.25) is 0 Å². The molecule has 0 amide bonds. The summed E-state index contributed by atoms with van der Waals surface area (Å²) in [7, 11) is 0. The van der Waals surface area contributed by atoms with Gasteiger partial charge in [-0.05, 0) is 43.5 Å². The van der Waals surface area contributed by atoms with E-state index in [0.717, 1.165) is 53.3 Å².